The molecular formula is C20H20N4O4. The van der Waals surface area contributed by atoms with Crippen molar-refractivity contribution in [1.29, 1.82) is 0 Å². The van der Waals surface area contributed by atoms with E-state index in [-0.39, 0.29) is 5.56 Å². The molecule has 2 heterocycles. The van der Waals surface area contributed by atoms with Gasteiger partial charge < -0.3 is 14.8 Å². The maximum Gasteiger partial charge on any atom is 0.340 e. The number of nitrogens with one attached hydrogen (secondary N) is 1. The van der Waals surface area contributed by atoms with E-state index < -0.39 is 18.5 Å². The number of amides is 1. The van der Waals surface area contributed by atoms with Gasteiger partial charge in [-0.05, 0) is 56.3 Å². The second-order valence-electron chi connectivity index (χ2n) is 6.10. The van der Waals surface area contributed by atoms with Crippen molar-refractivity contribution in [3.8, 4) is 11.6 Å². The summed E-state index contributed by atoms with van der Waals surface area (Å²) >= 11 is 0. The van der Waals surface area contributed by atoms with Crippen molar-refractivity contribution in [2.24, 2.45) is 0 Å². The Kier molecular flexibility index (Phi) is 5.69. The van der Waals surface area contributed by atoms with E-state index in [0.717, 1.165) is 11.4 Å². The molecule has 0 aliphatic heterocycles. The first kappa shape index (κ1) is 19.1. The number of ether oxygens (including phenoxy) is 2. The summed E-state index contributed by atoms with van der Waals surface area (Å²) in [5.74, 6) is 0.211. The minimum absolute atomic E-state index is 0.252. The van der Waals surface area contributed by atoms with Crippen molar-refractivity contribution in [2.45, 2.75) is 13.8 Å². The van der Waals surface area contributed by atoms with Crippen LogP contribution in [-0.4, -0.2) is 40.4 Å². The molecule has 8 nitrogen and oxygen atoms in total. The fourth-order valence-electron chi connectivity index (χ4n) is 2.58. The second-order valence-corrected chi connectivity index (χ2v) is 6.10. The number of carbonyl (C=O) groups is 2. The van der Waals surface area contributed by atoms with Crippen LogP contribution in [0.1, 0.15) is 21.7 Å². The minimum Gasteiger partial charge on any atom is -0.497 e. The molecule has 0 fully saturated rings. The molecule has 3 aromatic rings. The standard InChI is InChI=1S/C20H20N4O4/c1-13-10-14(2)24(23-13)18-9-4-15(11-21-18)20(26)28-12-19(25)22-16-5-7-17(27-3)8-6-16/h4-11H,12H2,1-3H3,(H,22,25). The largest absolute Gasteiger partial charge is 0.497 e. The Morgan fingerprint density at radius 1 is 1.11 bits per heavy atom. The number of hydrogen-bond donors (Lipinski definition) is 1. The number of pyridine rings is 1. The maximum atomic E-state index is 12.1. The lowest BCUT2D eigenvalue weighted by molar-refractivity contribution is -0.119. The molecule has 0 saturated heterocycles. The summed E-state index contributed by atoms with van der Waals surface area (Å²) in [5.41, 5.74) is 2.65. The molecule has 0 atom stereocenters. The van der Waals surface area contributed by atoms with Crippen LogP contribution in [-0.2, 0) is 9.53 Å². The number of rotatable bonds is 6. The minimum atomic E-state index is -0.628. The summed E-state index contributed by atoms with van der Waals surface area (Å²) in [6, 6.07) is 12.0. The maximum absolute atomic E-state index is 12.1. The summed E-state index contributed by atoms with van der Waals surface area (Å²) in [7, 11) is 1.56. The number of aromatic nitrogens is 3. The molecule has 0 aliphatic carbocycles. The zero-order valence-electron chi connectivity index (χ0n) is 15.8. The average Bonchev–Trinajstić information content (AvgIpc) is 3.05. The smallest absolute Gasteiger partial charge is 0.340 e. The van der Waals surface area contributed by atoms with Crippen molar-refractivity contribution in [3.63, 3.8) is 0 Å². The Bertz CT molecular complexity index is 978. The second kappa shape index (κ2) is 8.34. The lowest BCUT2D eigenvalue weighted by Crippen LogP contribution is -2.21. The third-order valence-corrected chi connectivity index (χ3v) is 3.92. The van der Waals surface area contributed by atoms with Gasteiger partial charge in [0.25, 0.3) is 5.91 Å². The van der Waals surface area contributed by atoms with Crippen molar-refractivity contribution < 1.29 is 19.1 Å². The lowest BCUT2D eigenvalue weighted by Gasteiger charge is -2.08. The van der Waals surface area contributed by atoms with Gasteiger partial charge in [0, 0.05) is 17.6 Å². The van der Waals surface area contributed by atoms with Crippen molar-refractivity contribution in [3.05, 3.63) is 65.6 Å². The Balaban J connectivity index is 1.55. The highest BCUT2D eigenvalue weighted by atomic mass is 16.5. The number of anilines is 1. The van der Waals surface area contributed by atoms with Gasteiger partial charge in [-0.1, -0.05) is 0 Å². The molecule has 0 saturated carbocycles. The first-order valence-corrected chi connectivity index (χ1v) is 8.57. The summed E-state index contributed by atoms with van der Waals surface area (Å²) in [4.78, 5) is 28.3. The normalized spacial score (nSPS) is 10.4. The molecule has 0 spiro atoms. The molecule has 2 aromatic heterocycles. The van der Waals surface area contributed by atoms with Crippen LogP contribution in [0.2, 0.25) is 0 Å². The summed E-state index contributed by atoms with van der Waals surface area (Å²) in [5, 5.41) is 6.98. The zero-order valence-corrected chi connectivity index (χ0v) is 15.8. The molecule has 0 bridgehead atoms. The summed E-state index contributed by atoms with van der Waals surface area (Å²) in [6.07, 6.45) is 1.40. The molecule has 0 aliphatic rings. The van der Waals surface area contributed by atoms with E-state index in [2.05, 4.69) is 15.4 Å². The molecule has 144 valence electrons. The SMILES string of the molecule is COc1ccc(NC(=O)COC(=O)c2ccc(-n3nc(C)cc3C)nc2)cc1. The predicted octanol–water partition coefficient (Wildman–Crippen LogP) is 2.69. The fraction of sp³-hybridized carbons (Fsp3) is 0.200. The van der Waals surface area contributed by atoms with Crippen molar-refractivity contribution >= 4 is 17.6 Å². The molecule has 8 heteroatoms. The van der Waals surface area contributed by atoms with Gasteiger partial charge in [0.15, 0.2) is 12.4 Å². The average molecular weight is 380 g/mol. The number of benzene rings is 1. The summed E-state index contributed by atoms with van der Waals surface area (Å²) < 4.78 is 11.8. The molecule has 1 amide bonds. The van der Waals surface area contributed by atoms with Gasteiger partial charge in [-0.25, -0.2) is 14.5 Å². The quantitative estimate of drug-likeness (QED) is 0.661. The highest BCUT2D eigenvalue weighted by Crippen LogP contribution is 2.15. The van der Waals surface area contributed by atoms with Gasteiger partial charge >= 0.3 is 5.97 Å². The van der Waals surface area contributed by atoms with Gasteiger partial charge in [-0.3, -0.25) is 4.79 Å². The first-order chi connectivity index (χ1) is 13.5. The molecular weight excluding hydrogens is 360 g/mol. The number of aryl methyl sites for hydroxylation is 2. The lowest BCUT2D eigenvalue weighted by atomic mass is 10.3. The first-order valence-electron chi connectivity index (χ1n) is 8.57. The van der Waals surface area contributed by atoms with Crippen LogP contribution in [0.25, 0.3) is 5.82 Å². The molecule has 1 aromatic carbocycles. The van der Waals surface area contributed by atoms with E-state index in [1.807, 2.05) is 19.9 Å². The van der Waals surface area contributed by atoms with Crippen molar-refractivity contribution in [2.75, 3.05) is 19.0 Å². The van der Waals surface area contributed by atoms with Gasteiger partial charge in [-0.2, -0.15) is 5.10 Å². The van der Waals surface area contributed by atoms with Crippen LogP contribution in [0.4, 0.5) is 5.69 Å². The van der Waals surface area contributed by atoms with E-state index in [0.29, 0.717) is 17.3 Å². The number of carbonyl (C=O) groups excluding carboxylic acids is 2. The molecule has 1 N–H and O–H groups in total. The van der Waals surface area contributed by atoms with Gasteiger partial charge in [0.05, 0.1) is 18.4 Å². The van der Waals surface area contributed by atoms with Crippen LogP contribution in [0.5, 0.6) is 5.75 Å². The third kappa shape index (κ3) is 4.53. The molecule has 0 radical (unpaired) electrons. The Labute approximate surface area is 162 Å². The van der Waals surface area contributed by atoms with Gasteiger partial charge in [-0.15, -0.1) is 0 Å². The van der Waals surface area contributed by atoms with E-state index >= 15 is 0 Å². The van der Waals surface area contributed by atoms with Crippen LogP contribution < -0.4 is 10.1 Å². The topological polar surface area (TPSA) is 95.3 Å². The number of nitrogens with zero attached hydrogens (tertiary/aromatic N) is 3. The van der Waals surface area contributed by atoms with E-state index in [4.69, 9.17) is 9.47 Å². The highest BCUT2D eigenvalue weighted by molar-refractivity contribution is 5.95. The monoisotopic (exact) mass is 380 g/mol. The van der Waals surface area contributed by atoms with Crippen LogP contribution in [0.3, 0.4) is 0 Å². The van der Waals surface area contributed by atoms with Crippen LogP contribution in [0, 0.1) is 13.8 Å². The Hall–Kier alpha value is -3.68. The molecule has 0 unspecified atom stereocenters. The number of hydrogen-bond acceptors (Lipinski definition) is 6. The van der Waals surface area contributed by atoms with E-state index in [9.17, 15) is 9.59 Å². The molecule has 3 rings (SSSR count). The van der Waals surface area contributed by atoms with E-state index in [1.54, 1.807) is 48.2 Å². The Morgan fingerprint density at radius 3 is 2.43 bits per heavy atom. The predicted molar refractivity (Wildman–Crippen MR) is 103 cm³/mol. The van der Waals surface area contributed by atoms with Gasteiger partial charge in [0.1, 0.15) is 5.75 Å². The van der Waals surface area contributed by atoms with Gasteiger partial charge in [0.2, 0.25) is 0 Å². The number of methoxy groups -OCH3 is 1. The van der Waals surface area contributed by atoms with Crippen LogP contribution in [0.15, 0.2) is 48.7 Å². The zero-order chi connectivity index (χ0) is 20.1. The fourth-order valence-corrected chi connectivity index (χ4v) is 2.58. The number of esters is 1. The summed E-state index contributed by atoms with van der Waals surface area (Å²) in [6.45, 7) is 3.42. The van der Waals surface area contributed by atoms with E-state index in [1.165, 1.54) is 6.20 Å². The third-order valence-electron chi connectivity index (χ3n) is 3.92. The van der Waals surface area contributed by atoms with Crippen molar-refractivity contribution in [1.82, 2.24) is 14.8 Å². The molecule has 28 heavy (non-hydrogen) atoms. The highest BCUT2D eigenvalue weighted by Gasteiger charge is 2.12. The van der Waals surface area contributed by atoms with Crippen LogP contribution >= 0.6 is 0 Å². The Morgan fingerprint density at radius 2 is 1.86 bits per heavy atom.